The minimum atomic E-state index is -1.21. The van der Waals surface area contributed by atoms with Crippen LogP contribution in [0.5, 0.6) is 0 Å². The second-order valence-electron chi connectivity index (χ2n) is 9.76. The SMILES string of the molecule is CC1CN(c2ccncc2NCc2ccc(F)c(-c3c(F)cc(C4(O)CC4)cc3F)n2)CC(N)C1O. The van der Waals surface area contributed by atoms with E-state index in [0.29, 0.717) is 37.3 Å². The third kappa shape index (κ3) is 4.63. The fourth-order valence-electron chi connectivity index (χ4n) is 4.73. The summed E-state index contributed by atoms with van der Waals surface area (Å²) in [5.41, 5.74) is 5.92. The third-order valence-electron chi connectivity index (χ3n) is 7.00. The molecule has 190 valence electrons. The van der Waals surface area contributed by atoms with E-state index in [9.17, 15) is 23.4 Å². The lowest BCUT2D eigenvalue weighted by molar-refractivity contribution is 0.0785. The summed E-state index contributed by atoms with van der Waals surface area (Å²) in [7, 11) is 0. The van der Waals surface area contributed by atoms with Crippen molar-refractivity contribution in [2.45, 2.75) is 44.1 Å². The molecule has 5 N–H and O–H groups in total. The van der Waals surface area contributed by atoms with Crippen molar-refractivity contribution >= 4 is 11.4 Å². The van der Waals surface area contributed by atoms with Crippen LogP contribution in [0.1, 0.15) is 31.0 Å². The molecule has 36 heavy (non-hydrogen) atoms. The zero-order valence-corrected chi connectivity index (χ0v) is 19.8. The van der Waals surface area contributed by atoms with Gasteiger partial charge in [0, 0.05) is 31.2 Å². The lowest BCUT2D eigenvalue weighted by atomic mass is 9.92. The Morgan fingerprint density at radius 2 is 1.83 bits per heavy atom. The lowest BCUT2D eigenvalue weighted by Crippen LogP contribution is -2.55. The molecule has 0 amide bonds. The van der Waals surface area contributed by atoms with Crippen molar-refractivity contribution in [3.05, 3.63) is 71.4 Å². The number of nitrogens with zero attached hydrogens (tertiary/aromatic N) is 3. The molecule has 10 heteroatoms. The Kier molecular flexibility index (Phi) is 6.36. The van der Waals surface area contributed by atoms with E-state index in [-0.39, 0.29) is 18.0 Å². The summed E-state index contributed by atoms with van der Waals surface area (Å²) in [6.07, 6.45) is 3.57. The van der Waals surface area contributed by atoms with Crippen molar-refractivity contribution in [3.8, 4) is 11.3 Å². The van der Waals surface area contributed by atoms with E-state index >= 15 is 0 Å². The molecule has 5 rings (SSSR count). The van der Waals surface area contributed by atoms with Crippen LogP contribution in [0, 0.1) is 23.4 Å². The van der Waals surface area contributed by atoms with Crippen LogP contribution < -0.4 is 16.0 Å². The van der Waals surface area contributed by atoms with E-state index in [4.69, 9.17) is 5.73 Å². The van der Waals surface area contributed by atoms with Gasteiger partial charge in [-0.25, -0.2) is 18.2 Å². The molecule has 3 unspecified atom stereocenters. The fourth-order valence-corrected chi connectivity index (χ4v) is 4.73. The van der Waals surface area contributed by atoms with Gasteiger partial charge in [-0.1, -0.05) is 6.92 Å². The van der Waals surface area contributed by atoms with Gasteiger partial charge in [0.05, 0.1) is 47.1 Å². The van der Waals surface area contributed by atoms with Crippen LogP contribution in [0.15, 0.2) is 42.7 Å². The van der Waals surface area contributed by atoms with Gasteiger partial charge in [0.1, 0.15) is 23.1 Å². The summed E-state index contributed by atoms with van der Waals surface area (Å²) in [6.45, 7) is 3.15. The predicted octanol–water partition coefficient (Wildman–Crippen LogP) is 3.30. The van der Waals surface area contributed by atoms with Crippen LogP contribution in [0.3, 0.4) is 0 Å². The summed E-state index contributed by atoms with van der Waals surface area (Å²) in [6, 6.07) is 6.09. The Hall–Kier alpha value is -3.21. The van der Waals surface area contributed by atoms with Gasteiger partial charge in [-0.3, -0.25) is 4.98 Å². The summed E-state index contributed by atoms with van der Waals surface area (Å²) < 4.78 is 44.3. The zero-order valence-electron chi connectivity index (χ0n) is 19.8. The number of aliphatic hydroxyl groups is 2. The summed E-state index contributed by atoms with van der Waals surface area (Å²) in [5, 5.41) is 23.6. The first-order valence-corrected chi connectivity index (χ1v) is 11.9. The molecule has 2 aromatic heterocycles. The van der Waals surface area contributed by atoms with Gasteiger partial charge in [0.2, 0.25) is 0 Å². The first kappa shape index (κ1) is 24.5. The maximum Gasteiger partial charge on any atom is 0.149 e. The second-order valence-corrected chi connectivity index (χ2v) is 9.76. The molecule has 3 heterocycles. The number of pyridine rings is 2. The molecule has 1 saturated heterocycles. The number of aromatic nitrogens is 2. The van der Waals surface area contributed by atoms with Gasteiger partial charge in [-0.05, 0) is 48.7 Å². The first-order valence-electron chi connectivity index (χ1n) is 11.9. The largest absolute Gasteiger partial charge is 0.391 e. The predicted molar refractivity (Wildman–Crippen MR) is 130 cm³/mol. The highest BCUT2D eigenvalue weighted by Gasteiger charge is 2.43. The van der Waals surface area contributed by atoms with Gasteiger partial charge in [0.25, 0.3) is 0 Å². The number of aliphatic hydroxyl groups excluding tert-OH is 1. The van der Waals surface area contributed by atoms with Crippen LogP contribution >= 0.6 is 0 Å². The van der Waals surface area contributed by atoms with Crippen LogP contribution in [-0.2, 0) is 12.1 Å². The number of nitrogens with one attached hydrogen (secondary N) is 1. The van der Waals surface area contributed by atoms with Crippen molar-refractivity contribution in [2.75, 3.05) is 23.3 Å². The van der Waals surface area contributed by atoms with E-state index < -0.39 is 46.5 Å². The Morgan fingerprint density at radius 3 is 2.50 bits per heavy atom. The molecule has 1 aliphatic heterocycles. The standard InChI is InChI=1S/C26H28F3N5O2/c1-14-12-34(13-20(30)25(14)35)22-4-7-31-11-21(22)32-10-16-2-3-17(27)24(33-16)23-18(28)8-15(9-19(23)29)26(36)5-6-26/h2-4,7-9,11,14,20,25,32,35-36H,5-6,10,12-13,30H2,1H3. The molecule has 2 fully saturated rings. The maximum atomic E-state index is 14.9. The van der Waals surface area contributed by atoms with Crippen LogP contribution in [0.4, 0.5) is 24.5 Å². The highest BCUT2D eigenvalue weighted by molar-refractivity contribution is 5.69. The molecule has 3 aromatic rings. The Balaban J connectivity index is 1.38. The van der Waals surface area contributed by atoms with Crippen molar-refractivity contribution in [1.29, 1.82) is 0 Å². The Morgan fingerprint density at radius 1 is 1.11 bits per heavy atom. The van der Waals surface area contributed by atoms with Crippen LogP contribution in [0.2, 0.25) is 0 Å². The molecule has 0 radical (unpaired) electrons. The smallest absolute Gasteiger partial charge is 0.149 e. The molecule has 1 saturated carbocycles. The molecule has 1 aromatic carbocycles. The van der Waals surface area contributed by atoms with Gasteiger partial charge < -0.3 is 26.2 Å². The minimum Gasteiger partial charge on any atom is -0.391 e. The van der Waals surface area contributed by atoms with E-state index in [0.717, 1.165) is 23.9 Å². The molecule has 1 aliphatic carbocycles. The second kappa shape index (κ2) is 9.34. The molecule has 0 spiro atoms. The van der Waals surface area contributed by atoms with Gasteiger partial charge in [0.15, 0.2) is 0 Å². The monoisotopic (exact) mass is 499 g/mol. The van der Waals surface area contributed by atoms with Crippen LogP contribution in [0.25, 0.3) is 11.3 Å². The number of rotatable bonds is 6. The number of hydrogen-bond donors (Lipinski definition) is 4. The third-order valence-corrected chi connectivity index (χ3v) is 7.00. The molecule has 2 aliphatic rings. The minimum absolute atomic E-state index is 0.0205. The van der Waals surface area contributed by atoms with Gasteiger partial charge >= 0.3 is 0 Å². The van der Waals surface area contributed by atoms with Crippen molar-refractivity contribution in [2.24, 2.45) is 11.7 Å². The van der Waals surface area contributed by atoms with E-state index in [1.807, 2.05) is 13.0 Å². The maximum absolute atomic E-state index is 14.9. The normalized spacial score (nSPS) is 23.0. The van der Waals surface area contributed by atoms with Crippen molar-refractivity contribution in [3.63, 3.8) is 0 Å². The van der Waals surface area contributed by atoms with E-state index in [1.165, 1.54) is 6.07 Å². The van der Waals surface area contributed by atoms with E-state index in [2.05, 4.69) is 20.2 Å². The topological polar surface area (TPSA) is 108 Å². The average Bonchev–Trinajstić information content (AvgIpc) is 3.60. The number of nitrogens with two attached hydrogens (primary N) is 1. The van der Waals surface area contributed by atoms with Gasteiger partial charge in [-0.15, -0.1) is 0 Å². The molecular weight excluding hydrogens is 471 g/mol. The number of anilines is 2. The Bertz CT molecular complexity index is 1250. The lowest BCUT2D eigenvalue weighted by Gasteiger charge is -2.40. The number of halogens is 3. The number of hydrogen-bond acceptors (Lipinski definition) is 7. The zero-order chi connectivity index (χ0) is 25.6. The number of piperidine rings is 1. The molecule has 7 nitrogen and oxygen atoms in total. The molecule has 3 atom stereocenters. The fraction of sp³-hybridized carbons (Fsp3) is 0.385. The highest BCUT2D eigenvalue weighted by atomic mass is 19.1. The molecule has 0 bridgehead atoms. The quantitative estimate of drug-likeness (QED) is 0.412. The van der Waals surface area contributed by atoms with Gasteiger partial charge in [-0.2, -0.15) is 0 Å². The Labute approximate surface area is 206 Å². The van der Waals surface area contributed by atoms with Crippen molar-refractivity contribution in [1.82, 2.24) is 9.97 Å². The van der Waals surface area contributed by atoms with Crippen molar-refractivity contribution < 1.29 is 23.4 Å². The van der Waals surface area contributed by atoms with Crippen LogP contribution in [-0.4, -0.2) is 45.4 Å². The average molecular weight is 500 g/mol. The first-order chi connectivity index (χ1) is 17.2. The molecular formula is C26H28F3N5O2. The highest BCUT2D eigenvalue weighted by Crippen LogP contribution is 2.46. The summed E-state index contributed by atoms with van der Waals surface area (Å²) in [5.74, 6) is -2.83. The summed E-state index contributed by atoms with van der Waals surface area (Å²) in [4.78, 5) is 10.4. The number of benzene rings is 1. The van der Waals surface area contributed by atoms with E-state index in [1.54, 1.807) is 12.4 Å². The summed E-state index contributed by atoms with van der Waals surface area (Å²) >= 11 is 0.